The summed E-state index contributed by atoms with van der Waals surface area (Å²) in [6.45, 7) is 9.03. The number of nitrogens with one attached hydrogen (secondary N) is 2. The first-order valence-electron chi connectivity index (χ1n) is 11.5. The molecule has 28 heavy (non-hydrogen) atoms. The highest BCUT2D eigenvalue weighted by Crippen LogP contribution is 2.32. The van der Waals surface area contributed by atoms with E-state index in [2.05, 4.69) is 53.6 Å². The second-order valence-electron chi connectivity index (χ2n) is 8.89. The smallest absolute Gasteiger partial charge is 0.227 e. The van der Waals surface area contributed by atoms with Crippen LogP contribution in [0.3, 0.4) is 0 Å². The Morgan fingerprint density at radius 3 is 2.46 bits per heavy atom. The van der Waals surface area contributed by atoms with Gasteiger partial charge in [0.2, 0.25) is 5.91 Å². The number of carbonyl (C=O) groups excluding carboxylic acids is 1. The van der Waals surface area contributed by atoms with Crippen LogP contribution in [0.5, 0.6) is 0 Å². The zero-order chi connectivity index (χ0) is 19.8. The number of piperazine rings is 1. The topological polar surface area (TPSA) is 44.4 Å². The molecule has 156 valence electrons. The molecule has 1 aromatic rings. The highest BCUT2D eigenvalue weighted by atomic mass is 16.1. The third kappa shape index (κ3) is 6.31. The molecule has 1 atom stereocenters. The number of amides is 1. The molecule has 1 aliphatic heterocycles. The lowest BCUT2D eigenvalue weighted by atomic mass is 9.79. The summed E-state index contributed by atoms with van der Waals surface area (Å²) >= 11 is 0. The fourth-order valence-corrected chi connectivity index (χ4v) is 4.77. The van der Waals surface area contributed by atoms with Crippen molar-refractivity contribution < 1.29 is 4.79 Å². The maximum Gasteiger partial charge on any atom is 0.227 e. The number of hydrogen-bond donors (Lipinski definition) is 2. The van der Waals surface area contributed by atoms with Crippen LogP contribution in [-0.4, -0.2) is 43.0 Å². The van der Waals surface area contributed by atoms with Crippen molar-refractivity contribution in [3.63, 3.8) is 0 Å². The van der Waals surface area contributed by atoms with E-state index in [1.165, 1.54) is 37.7 Å². The molecule has 0 spiro atoms. The van der Waals surface area contributed by atoms with Crippen molar-refractivity contribution in [2.24, 2.45) is 11.8 Å². The van der Waals surface area contributed by atoms with Gasteiger partial charge in [-0.25, -0.2) is 0 Å². The Bertz CT molecular complexity index is 586. The largest absolute Gasteiger partial charge is 0.326 e. The fourth-order valence-electron chi connectivity index (χ4n) is 4.77. The van der Waals surface area contributed by atoms with Crippen LogP contribution in [-0.2, 0) is 11.2 Å². The van der Waals surface area contributed by atoms with Crippen LogP contribution < -0.4 is 10.6 Å². The number of anilines is 1. The highest BCUT2D eigenvalue weighted by molar-refractivity contribution is 5.92. The van der Waals surface area contributed by atoms with E-state index in [1.54, 1.807) is 0 Å². The number of hydrogen-bond acceptors (Lipinski definition) is 3. The van der Waals surface area contributed by atoms with E-state index >= 15 is 0 Å². The summed E-state index contributed by atoms with van der Waals surface area (Å²) in [7, 11) is 0. The standard InChI is InChI=1S/C24H39N3O/c1-3-4-5-20-6-10-22(11-7-20)24(28)26-23-12-8-21(9-13-23)18-19(2)27-16-14-25-15-17-27/h8-9,12-13,19-20,22,25H,3-7,10-11,14-18H2,1-2H3,(H,26,28). The van der Waals surface area contributed by atoms with Gasteiger partial charge in [-0.1, -0.05) is 38.3 Å². The van der Waals surface area contributed by atoms with Crippen molar-refractivity contribution in [2.75, 3.05) is 31.5 Å². The number of benzene rings is 1. The predicted octanol–water partition coefficient (Wildman–Crippen LogP) is 4.46. The van der Waals surface area contributed by atoms with Crippen molar-refractivity contribution in [2.45, 2.75) is 71.3 Å². The molecule has 4 nitrogen and oxygen atoms in total. The summed E-state index contributed by atoms with van der Waals surface area (Å²) in [5.74, 6) is 1.27. The quantitative estimate of drug-likeness (QED) is 0.694. The minimum Gasteiger partial charge on any atom is -0.326 e. The number of unbranched alkanes of at least 4 members (excludes halogenated alkanes) is 1. The average molecular weight is 386 g/mol. The molecule has 2 aliphatic rings. The monoisotopic (exact) mass is 385 g/mol. The van der Waals surface area contributed by atoms with Crippen molar-refractivity contribution in [3.05, 3.63) is 29.8 Å². The minimum atomic E-state index is 0.199. The maximum absolute atomic E-state index is 12.6. The Morgan fingerprint density at radius 2 is 1.82 bits per heavy atom. The second kappa shape index (κ2) is 11.0. The Kier molecular flexibility index (Phi) is 8.35. The normalized spacial score (nSPS) is 24.6. The Morgan fingerprint density at radius 1 is 1.14 bits per heavy atom. The lowest BCUT2D eigenvalue weighted by Crippen LogP contribution is -2.48. The first kappa shape index (κ1) is 21.3. The van der Waals surface area contributed by atoms with Gasteiger partial charge in [0.15, 0.2) is 0 Å². The van der Waals surface area contributed by atoms with Gasteiger partial charge in [0.05, 0.1) is 0 Å². The molecule has 1 aliphatic carbocycles. The Labute approximate surface area is 171 Å². The van der Waals surface area contributed by atoms with Crippen LogP contribution in [0.4, 0.5) is 5.69 Å². The van der Waals surface area contributed by atoms with E-state index in [1.807, 2.05) is 0 Å². The van der Waals surface area contributed by atoms with Gasteiger partial charge in [-0.2, -0.15) is 0 Å². The fraction of sp³-hybridized carbons (Fsp3) is 0.708. The zero-order valence-electron chi connectivity index (χ0n) is 17.9. The van der Waals surface area contributed by atoms with Crippen molar-refractivity contribution in [1.29, 1.82) is 0 Å². The van der Waals surface area contributed by atoms with E-state index in [0.29, 0.717) is 6.04 Å². The summed E-state index contributed by atoms with van der Waals surface area (Å²) in [5, 5.41) is 6.57. The number of rotatable bonds is 8. The van der Waals surface area contributed by atoms with Crippen molar-refractivity contribution in [1.82, 2.24) is 10.2 Å². The Balaban J connectivity index is 1.43. The van der Waals surface area contributed by atoms with E-state index in [-0.39, 0.29) is 11.8 Å². The van der Waals surface area contributed by atoms with Gasteiger partial charge in [-0.15, -0.1) is 0 Å². The lowest BCUT2D eigenvalue weighted by molar-refractivity contribution is -0.121. The van der Waals surface area contributed by atoms with E-state index in [4.69, 9.17) is 0 Å². The van der Waals surface area contributed by atoms with Crippen molar-refractivity contribution in [3.8, 4) is 0 Å². The van der Waals surface area contributed by atoms with Gasteiger partial charge in [0.1, 0.15) is 0 Å². The third-order valence-electron chi connectivity index (χ3n) is 6.71. The van der Waals surface area contributed by atoms with Gasteiger partial charge in [-0.05, 0) is 62.6 Å². The van der Waals surface area contributed by atoms with Crippen LogP contribution in [0.2, 0.25) is 0 Å². The van der Waals surface area contributed by atoms with E-state index < -0.39 is 0 Å². The molecule has 0 bridgehead atoms. The minimum absolute atomic E-state index is 0.199. The molecule has 0 radical (unpaired) electrons. The summed E-state index contributed by atoms with van der Waals surface area (Å²) < 4.78 is 0. The molecule has 3 rings (SSSR count). The van der Waals surface area contributed by atoms with Crippen molar-refractivity contribution >= 4 is 11.6 Å². The molecule has 1 saturated carbocycles. The summed E-state index contributed by atoms with van der Waals surface area (Å²) in [6, 6.07) is 9.06. The highest BCUT2D eigenvalue weighted by Gasteiger charge is 2.26. The molecular weight excluding hydrogens is 346 g/mol. The molecule has 1 aromatic carbocycles. The van der Waals surface area contributed by atoms with E-state index in [0.717, 1.165) is 57.0 Å². The molecule has 1 saturated heterocycles. The van der Waals surface area contributed by atoms with E-state index in [9.17, 15) is 4.79 Å². The summed E-state index contributed by atoms with van der Waals surface area (Å²) in [4.78, 5) is 15.2. The zero-order valence-corrected chi connectivity index (χ0v) is 17.9. The number of nitrogens with zero attached hydrogens (tertiary/aromatic N) is 1. The summed E-state index contributed by atoms with van der Waals surface area (Å²) in [6.07, 6.45) is 9.59. The van der Waals surface area contributed by atoms with Crippen LogP contribution in [0.15, 0.2) is 24.3 Å². The maximum atomic E-state index is 12.6. The summed E-state index contributed by atoms with van der Waals surface area (Å²) in [5.41, 5.74) is 2.29. The molecule has 1 unspecified atom stereocenters. The third-order valence-corrected chi connectivity index (χ3v) is 6.71. The average Bonchev–Trinajstić information content (AvgIpc) is 2.74. The number of carbonyl (C=O) groups is 1. The molecule has 1 amide bonds. The first-order valence-corrected chi connectivity index (χ1v) is 11.5. The Hall–Kier alpha value is -1.39. The molecular formula is C24H39N3O. The van der Waals surface area contributed by atoms with Crippen LogP contribution in [0.1, 0.15) is 64.4 Å². The van der Waals surface area contributed by atoms with Crippen LogP contribution in [0, 0.1) is 11.8 Å². The molecule has 0 aromatic heterocycles. The molecule has 1 heterocycles. The predicted molar refractivity (Wildman–Crippen MR) is 118 cm³/mol. The van der Waals surface area contributed by atoms with Crippen LogP contribution in [0.25, 0.3) is 0 Å². The first-order chi connectivity index (χ1) is 13.7. The van der Waals surface area contributed by atoms with Gasteiger partial charge >= 0.3 is 0 Å². The molecule has 4 heteroatoms. The van der Waals surface area contributed by atoms with Gasteiger partial charge < -0.3 is 10.6 Å². The van der Waals surface area contributed by atoms with Gasteiger partial charge in [0, 0.05) is 43.8 Å². The second-order valence-corrected chi connectivity index (χ2v) is 8.89. The van der Waals surface area contributed by atoms with Crippen LogP contribution >= 0.6 is 0 Å². The lowest BCUT2D eigenvalue weighted by Gasteiger charge is -2.32. The molecule has 2 fully saturated rings. The van der Waals surface area contributed by atoms with Gasteiger partial charge in [-0.3, -0.25) is 9.69 Å². The molecule has 2 N–H and O–H groups in total. The SMILES string of the molecule is CCCCC1CCC(C(=O)Nc2ccc(CC(C)N3CCNCC3)cc2)CC1. The van der Waals surface area contributed by atoms with Gasteiger partial charge in [0.25, 0.3) is 0 Å².